The Kier molecular flexibility index (Phi) is 118. The van der Waals surface area contributed by atoms with Gasteiger partial charge in [0.15, 0.2) is 0 Å². The molecule has 0 saturated carbocycles. The molecule has 0 unspecified atom stereocenters. The number of hydrogen-bond acceptors (Lipinski definition) is 0. The van der Waals surface area contributed by atoms with Crippen LogP contribution in [0.15, 0.2) is 0 Å². The summed E-state index contributed by atoms with van der Waals surface area (Å²) >= 11 is 0. The van der Waals surface area contributed by atoms with E-state index in [2.05, 4.69) is 0 Å². The molecule has 0 aliphatic rings. The van der Waals surface area contributed by atoms with Gasteiger partial charge in [-0.15, -0.1) is 0 Å². The Labute approximate surface area is 87.9 Å². The van der Waals surface area contributed by atoms with Gasteiger partial charge >= 0.3 is 89.5 Å². The van der Waals surface area contributed by atoms with E-state index in [4.69, 9.17) is 0 Å². The van der Waals surface area contributed by atoms with E-state index in [0.29, 0.717) is 0 Å². The van der Waals surface area contributed by atoms with Gasteiger partial charge < -0.3 is 0 Å². The van der Waals surface area contributed by atoms with Crippen molar-refractivity contribution in [3.8, 4) is 0 Å². The molecule has 0 fully saturated rings. The zero-order valence-electron chi connectivity index (χ0n) is 1.21. The largest absolute Gasteiger partial charge is 1.00 e. The molecule has 0 aliphatic heterocycles. The minimum absolute atomic E-state index is 0. The van der Waals surface area contributed by atoms with Gasteiger partial charge in [-0.3, -0.25) is 0 Å². The predicted molar refractivity (Wildman–Crippen MR) is 0 cm³/mol. The molecule has 0 rings (SSSR count). The van der Waals surface area contributed by atoms with Crippen LogP contribution in [0.1, 0.15) is 0 Å². The molecule has 0 bridgehead atoms. The second-order valence-corrected chi connectivity index (χ2v) is 0. The van der Waals surface area contributed by atoms with Gasteiger partial charge in [-0.1, -0.05) is 0 Å². The normalized spacial score (nSPS) is 0. The Bertz CT molecular complexity index is 0. The molecule has 0 aliphatic carbocycles. The van der Waals surface area contributed by atoms with Gasteiger partial charge in [-0.25, -0.2) is 0 Å². The summed E-state index contributed by atoms with van der Waals surface area (Å²) in [6.07, 6.45) is 0. The third-order valence-electron chi connectivity index (χ3n) is 0. The van der Waals surface area contributed by atoms with Crippen LogP contribution in [0.3, 0.4) is 0 Å². The Morgan fingerprint density at radius 2 is 0.250 bits per heavy atom. The maximum Gasteiger partial charge on any atom is 1.00 e. The van der Waals surface area contributed by atoms with E-state index in [1.54, 1.807) is 0 Å². The molecule has 0 radical (unpaired) electrons. The summed E-state index contributed by atoms with van der Waals surface area (Å²) in [7, 11) is 0. The molecule has 0 heterocycles. The molecule has 0 spiro atoms. The molecular weight excluding hydrogens is 431 g/mol. The average Bonchev–Trinajstić information content (AvgIpc) is 0. The maximum absolute atomic E-state index is 0. The van der Waals surface area contributed by atoms with Crippen molar-refractivity contribution in [1.82, 2.24) is 0 Å². The van der Waals surface area contributed by atoms with Crippen molar-refractivity contribution in [2.24, 2.45) is 0 Å². The van der Waals surface area contributed by atoms with Crippen molar-refractivity contribution in [3.63, 3.8) is 0 Å². The van der Waals surface area contributed by atoms with Crippen LogP contribution in [0.5, 0.6) is 0 Å². The van der Waals surface area contributed by atoms with Crippen LogP contribution in [-0.2, 0) is 89.5 Å². The van der Waals surface area contributed by atoms with Gasteiger partial charge in [0.2, 0.25) is 0 Å². The first kappa shape index (κ1) is 28.2. The summed E-state index contributed by atoms with van der Waals surface area (Å²) in [6, 6.07) is 0. The van der Waals surface area contributed by atoms with E-state index in [-0.39, 0.29) is 89.5 Å². The molecule has 4 heteroatoms. The van der Waals surface area contributed by atoms with Crippen LogP contribution in [-0.4, -0.2) is 0 Å². The van der Waals surface area contributed by atoms with E-state index in [9.17, 15) is 0 Å². The third-order valence-corrected chi connectivity index (χ3v) is 0. The smallest absolute Gasteiger partial charge is 1.00 e. The average molecular weight is 431 g/mol. The number of hydrogen-bond donors (Lipinski definition) is 0. The van der Waals surface area contributed by atoms with Crippen molar-refractivity contribution >= 4 is 0 Å². The molecule has 4 heavy (non-hydrogen) atoms. The zero-order valence-corrected chi connectivity index (χ0v) is 7.14. The van der Waals surface area contributed by atoms with Crippen LogP contribution in [0, 0.1) is 0 Å². The Morgan fingerprint density at radius 3 is 0.250 bits per heavy atom. The van der Waals surface area contributed by atoms with E-state index in [1.165, 1.54) is 0 Å². The Balaban J connectivity index is 0. The monoisotopic (exact) mass is 428 g/mol. The topological polar surface area (TPSA) is 0 Å². The van der Waals surface area contributed by atoms with Gasteiger partial charge in [-0.05, 0) is 0 Å². The minimum atomic E-state index is 0. The fraction of sp³-hybridized carbons (Fsp3) is 0. The van der Waals surface area contributed by atoms with Crippen molar-refractivity contribution < 1.29 is 89.5 Å². The predicted octanol–water partition coefficient (Wildman–Crippen LogP) is -0.0100. The van der Waals surface area contributed by atoms with Crippen molar-refractivity contribution in [3.05, 3.63) is 0 Å². The maximum atomic E-state index is 0. The third kappa shape index (κ3) is 8.88. The number of rotatable bonds is 0. The second kappa shape index (κ2) is 16.7. The molecule has 0 N–H and O–H groups in total. The second-order valence-electron chi connectivity index (χ2n) is 0. The van der Waals surface area contributed by atoms with Crippen LogP contribution >= 0.6 is 0 Å². The van der Waals surface area contributed by atoms with Crippen LogP contribution in [0.25, 0.3) is 0 Å². The molecule has 0 aromatic heterocycles. The molecule has 0 nitrogen and oxygen atoms in total. The summed E-state index contributed by atoms with van der Waals surface area (Å²) in [5.74, 6) is 0. The standard InChI is InChI=1S/4Ag/q4*+1. The SMILES string of the molecule is [Ag+].[Ag+].[Ag+].[Ag+]. The fourth-order valence-electron chi connectivity index (χ4n) is 0. The minimum Gasteiger partial charge on any atom is 1.00 e. The van der Waals surface area contributed by atoms with E-state index in [1.807, 2.05) is 0 Å². The fourth-order valence-corrected chi connectivity index (χ4v) is 0. The first-order valence-corrected chi connectivity index (χ1v) is 0. The van der Waals surface area contributed by atoms with Gasteiger partial charge in [0.05, 0.1) is 0 Å². The first-order valence-electron chi connectivity index (χ1n) is 0. The van der Waals surface area contributed by atoms with Gasteiger partial charge in [0.25, 0.3) is 0 Å². The van der Waals surface area contributed by atoms with Crippen molar-refractivity contribution in [2.45, 2.75) is 0 Å². The molecule has 0 amide bonds. The van der Waals surface area contributed by atoms with Gasteiger partial charge in [-0.2, -0.15) is 0 Å². The molecule has 40 valence electrons. The quantitative estimate of drug-likeness (QED) is 0.474. The molecule has 0 aromatic carbocycles. The Morgan fingerprint density at radius 1 is 0.250 bits per heavy atom. The summed E-state index contributed by atoms with van der Waals surface area (Å²) in [5, 5.41) is 0. The summed E-state index contributed by atoms with van der Waals surface area (Å²) in [4.78, 5) is 0. The van der Waals surface area contributed by atoms with Crippen molar-refractivity contribution in [1.29, 1.82) is 0 Å². The summed E-state index contributed by atoms with van der Waals surface area (Å²) in [6.45, 7) is 0. The van der Waals surface area contributed by atoms with Gasteiger partial charge in [0, 0.05) is 0 Å². The van der Waals surface area contributed by atoms with E-state index < -0.39 is 0 Å². The van der Waals surface area contributed by atoms with E-state index >= 15 is 0 Å². The summed E-state index contributed by atoms with van der Waals surface area (Å²) in [5.41, 5.74) is 0. The van der Waals surface area contributed by atoms with E-state index in [0.717, 1.165) is 0 Å². The van der Waals surface area contributed by atoms with Crippen LogP contribution in [0.4, 0.5) is 0 Å². The van der Waals surface area contributed by atoms with Crippen LogP contribution < -0.4 is 0 Å². The van der Waals surface area contributed by atoms with Gasteiger partial charge in [0.1, 0.15) is 0 Å². The van der Waals surface area contributed by atoms with Crippen molar-refractivity contribution in [2.75, 3.05) is 0 Å². The zero-order chi connectivity index (χ0) is 0. The van der Waals surface area contributed by atoms with Crippen LogP contribution in [0.2, 0.25) is 0 Å². The molecule has 0 atom stereocenters. The molecular formula is Ag4+4. The Hall–Kier alpha value is 2.96. The first-order chi connectivity index (χ1) is 0. The molecule has 0 aromatic rings. The summed E-state index contributed by atoms with van der Waals surface area (Å²) < 4.78 is 0. The molecule has 0 saturated heterocycles.